The number of aryl methyl sites for hydroxylation is 1. The molecule has 0 saturated heterocycles. The van der Waals surface area contributed by atoms with Gasteiger partial charge in [0.2, 0.25) is 0 Å². The van der Waals surface area contributed by atoms with Crippen LogP contribution >= 0.6 is 0 Å². The Morgan fingerprint density at radius 1 is 1.33 bits per heavy atom. The van der Waals surface area contributed by atoms with Gasteiger partial charge in [0.15, 0.2) is 0 Å². The van der Waals surface area contributed by atoms with Crippen molar-refractivity contribution >= 4 is 10.9 Å². The molecule has 0 aliphatic carbocycles. The molecule has 0 fully saturated rings. The van der Waals surface area contributed by atoms with Gasteiger partial charge in [-0.15, -0.1) is 0 Å². The number of rotatable bonds is 3. The highest BCUT2D eigenvalue weighted by atomic mass is 19.1. The number of nitrogens with two attached hydrogens (primary N) is 1. The molecular weight excluding hydrogens is 193 g/mol. The van der Waals surface area contributed by atoms with Crippen LogP contribution in [0.15, 0.2) is 24.4 Å². The molecule has 0 spiro atoms. The van der Waals surface area contributed by atoms with E-state index in [1.165, 1.54) is 6.07 Å². The summed E-state index contributed by atoms with van der Waals surface area (Å²) in [5.41, 5.74) is 5.78. The number of para-hydroxylation sites is 1. The van der Waals surface area contributed by atoms with Crippen molar-refractivity contribution in [3.8, 4) is 0 Å². The second-order valence-corrected chi connectivity index (χ2v) is 3.36. The van der Waals surface area contributed by atoms with Crippen LogP contribution in [-0.2, 0) is 6.42 Å². The molecule has 1 aromatic heterocycles. The van der Waals surface area contributed by atoms with E-state index >= 15 is 0 Å². The molecule has 3 nitrogen and oxygen atoms in total. The lowest BCUT2D eigenvalue weighted by Gasteiger charge is -2.01. The van der Waals surface area contributed by atoms with E-state index in [-0.39, 0.29) is 5.82 Å². The Hall–Kier alpha value is -1.55. The molecule has 0 saturated carbocycles. The molecule has 2 N–H and O–H groups in total. The lowest BCUT2D eigenvalue weighted by Crippen LogP contribution is -2.03. The summed E-state index contributed by atoms with van der Waals surface area (Å²) in [5.74, 6) is 0.349. The standard InChI is InChI=1S/C11H12FN3/c12-9-4-1-3-8-7-14-10(5-2-6-13)15-11(8)9/h1,3-4,7H,2,5-6,13H2. The van der Waals surface area contributed by atoms with Crippen LogP contribution in [-0.4, -0.2) is 16.5 Å². The van der Waals surface area contributed by atoms with Crippen molar-refractivity contribution in [2.45, 2.75) is 12.8 Å². The monoisotopic (exact) mass is 205 g/mol. The highest BCUT2D eigenvalue weighted by Crippen LogP contribution is 2.14. The first-order valence-electron chi connectivity index (χ1n) is 4.91. The minimum Gasteiger partial charge on any atom is -0.330 e. The fourth-order valence-electron chi connectivity index (χ4n) is 1.44. The van der Waals surface area contributed by atoms with Crippen LogP contribution in [0, 0.1) is 5.82 Å². The van der Waals surface area contributed by atoms with Crippen LogP contribution in [0.3, 0.4) is 0 Å². The second-order valence-electron chi connectivity index (χ2n) is 3.36. The van der Waals surface area contributed by atoms with Gasteiger partial charge < -0.3 is 5.73 Å². The summed E-state index contributed by atoms with van der Waals surface area (Å²) < 4.78 is 13.4. The van der Waals surface area contributed by atoms with E-state index in [2.05, 4.69) is 9.97 Å². The van der Waals surface area contributed by atoms with E-state index in [0.717, 1.165) is 11.8 Å². The van der Waals surface area contributed by atoms with Crippen molar-refractivity contribution in [1.29, 1.82) is 0 Å². The van der Waals surface area contributed by atoms with Gasteiger partial charge in [0, 0.05) is 18.0 Å². The number of fused-ring (bicyclic) bond motifs is 1. The Morgan fingerprint density at radius 3 is 3.00 bits per heavy atom. The molecule has 0 bridgehead atoms. The Balaban J connectivity index is 2.41. The molecule has 78 valence electrons. The van der Waals surface area contributed by atoms with Crippen molar-refractivity contribution < 1.29 is 4.39 Å². The Morgan fingerprint density at radius 2 is 2.20 bits per heavy atom. The lowest BCUT2D eigenvalue weighted by atomic mass is 10.2. The van der Waals surface area contributed by atoms with Gasteiger partial charge in [-0.05, 0) is 19.0 Å². The van der Waals surface area contributed by atoms with Crippen LogP contribution < -0.4 is 5.73 Å². The number of aromatic nitrogens is 2. The molecule has 1 aromatic carbocycles. The zero-order valence-corrected chi connectivity index (χ0v) is 8.28. The van der Waals surface area contributed by atoms with Gasteiger partial charge in [0.25, 0.3) is 0 Å². The van der Waals surface area contributed by atoms with E-state index in [4.69, 9.17) is 5.73 Å². The highest BCUT2D eigenvalue weighted by molar-refractivity contribution is 5.77. The third-order valence-electron chi connectivity index (χ3n) is 2.22. The number of halogens is 1. The number of hydrogen-bond acceptors (Lipinski definition) is 3. The van der Waals surface area contributed by atoms with Crippen molar-refractivity contribution in [2.75, 3.05) is 6.54 Å². The predicted molar refractivity (Wildman–Crippen MR) is 56.9 cm³/mol. The highest BCUT2D eigenvalue weighted by Gasteiger charge is 2.03. The molecule has 0 aliphatic heterocycles. The van der Waals surface area contributed by atoms with E-state index < -0.39 is 0 Å². The first kappa shape index (κ1) is 9.98. The summed E-state index contributed by atoms with van der Waals surface area (Å²) in [6, 6.07) is 4.85. The number of benzene rings is 1. The maximum Gasteiger partial charge on any atom is 0.149 e. The Kier molecular flexibility index (Phi) is 2.87. The van der Waals surface area contributed by atoms with Crippen LogP contribution in [0.2, 0.25) is 0 Å². The van der Waals surface area contributed by atoms with E-state index in [1.54, 1.807) is 18.3 Å². The molecule has 0 aliphatic rings. The Labute approximate surface area is 87.2 Å². The van der Waals surface area contributed by atoms with Gasteiger partial charge in [0.05, 0.1) is 0 Å². The smallest absolute Gasteiger partial charge is 0.149 e. The first-order chi connectivity index (χ1) is 7.31. The molecule has 0 unspecified atom stereocenters. The SMILES string of the molecule is NCCCc1ncc2cccc(F)c2n1. The second kappa shape index (κ2) is 4.31. The van der Waals surface area contributed by atoms with Gasteiger partial charge in [-0.25, -0.2) is 14.4 Å². The van der Waals surface area contributed by atoms with Crippen LogP contribution in [0.25, 0.3) is 10.9 Å². The Bertz CT molecular complexity index is 470. The average Bonchev–Trinajstić information content (AvgIpc) is 2.27. The lowest BCUT2D eigenvalue weighted by molar-refractivity contribution is 0.635. The van der Waals surface area contributed by atoms with Gasteiger partial charge in [-0.2, -0.15) is 0 Å². The van der Waals surface area contributed by atoms with Crippen molar-refractivity contribution in [1.82, 2.24) is 9.97 Å². The van der Waals surface area contributed by atoms with Gasteiger partial charge >= 0.3 is 0 Å². The normalized spacial score (nSPS) is 10.8. The van der Waals surface area contributed by atoms with Crippen molar-refractivity contribution in [3.63, 3.8) is 0 Å². The zero-order chi connectivity index (χ0) is 10.7. The molecule has 15 heavy (non-hydrogen) atoms. The minimum absolute atomic E-state index is 0.302. The molecule has 0 atom stereocenters. The summed E-state index contributed by atoms with van der Waals surface area (Å²) in [5, 5.41) is 0.728. The summed E-state index contributed by atoms with van der Waals surface area (Å²) >= 11 is 0. The molecule has 4 heteroatoms. The predicted octanol–water partition coefficient (Wildman–Crippen LogP) is 1.66. The fourth-order valence-corrected chi connectivity index (χ4v) is 1.44. The van der Waals surface area contributed by atoms with Crippen molar-refractivity contribution in [2.24, 2.45) is 5.73 Å². The molecule has 1 heterocycles. The van der Waals surface area contributed by atoms with Crippen LogP contribution in [0.1, 0.15) is 12.2 Å². The van der Waals surface area contributed by atoms with E-state index in [9.17, 15) is 4.39 Å². The largest absolute Gasteiger partial charge is 0.330 e. The van der Waals surface area contributed by atoms with Gasteiger partial charge in [-0.1, -0.05) is 12.1 Å². The van der Waals surface area contributed by atoms with E-state index in [0.29, 0.717) is 24.3 Å². The number of hydrogen-bond donors (Lipinski definition) is 1. The summed E-state index contributed by atoms with van der Waals surface area (Å²) in [6.45, 7) is 0.596. The first-order valence-corrected chi connectivity index (χ1v) is 4.91. The van der Waals surface area contributed by atoms with Crippen LogP contribution in [0.5, 0.6) is 0 Å². The van der Waals surface area contributed by atoms with E-state index in [1.807, 2.05) is 0 Å². The third kappa shape index (κ3) is 2.10. The number of nitrogens with zero attached hydrogens (tertiary/aromatic N) is 2. The fraction of sp³-hybridized carbons (Fsp3) is 0.273. The quantitative estimate of drug-likeness (QED) is 0.829. The van der Waals surface area contributed by atoms with Crippen LogP contribution in [0.4, 0.5) is 4.39 Å². The summed E-state index contributed by atoms with van der Waals surface area (Å²) in [7, 11) is 0. The summed E-state index contributed by atoms with van der Waals surface area (Å²) in [6.07, 6.45) is 3.16. The van der Waals surface area contributed by atoms with Gasteiger partial charge in [0.1, 0.15) is 17.2 Å². The minimum atomic E-state index is -0.302. The van der Waals surface area contributed by atoms with Crippen molar-refractivity contribution in [3.05, 3.63) is 36.0 Å². The maximum absolute atomic E-state index is 13.4. The molecule has 0 radical (unpaired) electrons. The third-order valence-corrected chi connectivity index (χ3v) is 2.22. The molecular formula is C11H12FN3. The molecule has 2 rings (SSSR count). The maximum atomic E-state index is 13.4. The topological polar surface area (TPSA) is 51.8 Å². The average molecular weight is 205 g/mol. The molecule has 0 amide bonds. The van der Waals surface area contributed by atoms with Gasteiger partial charge in [-0.3, -0.25) is 0 Å². The summed E-state index contributed by atoms with van der Waals surface area (Å²) in [4.78, 5) is 8.32. The zero-order valence-electron chi connectivity index (χ0n) is 8.28. The molecule has 2 aromatic rings.